The Morgan fingerprint density at radius 1 is 1.45 bits per heavy atom. The van der Waals surface area contributed by atoms with Crippen molar-refractivity contribution in [3.63, 3.8) is 0 Å². The molecule has 2 rings (SSSR count). The van der Waals surface area contributed by atoms with Gasteiger partial charge in [0.15, 0.2) is 0 Å². The third-order valence-electron chi connectivity index (χ3n) is 3.70. The molecule has 0 aliphatic carbocycles. The van der Waals surface area contributed by atoms with Gasteiger partial charge >= 0.3 is 0 Å². The third kappa shape index (κ3) is 3.71. The number of phenolic OH excluding ortho intramolecular Hbond substituents is 1. The average Bonchev–Trinajstić information content (AvgIpc) is 2.39. The molecule has 0 aromatic heterocycles. The number of amides is 1. The van der Waals surface area contributed by atoms with Gasteiger partial charge in [-0.1, -0.05) is 12.1 Å². The highest BCUT2D eigenvalue weighted by atomic mass is 16.3. The van der Waals surface area contributed by atoms with Gasteiger partial charge in [-0.3, -0.25) is 4.79 Å². The van der Waals surface area contributed by atoms with Gasteiger partial charge < -0.3 is 20.8 Å². The van der Waals surface area contributed by atoms with E-state index < -0.39 is 11.6 Å². The SMILES string of the molecule is CC1(O)CCCN(C(=O)C(N)Cc2ccc(O)cc2)C1. The molecule has 1 aliphatic rings. The molecule has 110 valence electrons. The Bertz CT molecular complexity index is 471. The molecular weight excluding hydrogens is 256 g/mol. The van der Waals surface area contributed by atoms with E-state index >= 15 is 0 Å². The van der Waals surface area contributed by atoms with Gasteiger partial charge in [-0.25, -0.2) is 0 Å². The van der Waals surface area contributed by atoms with Crippen LogP contribution in [-0.4, -0.2) is 45.8 Å². The van der Waals surface area contributed by atoms with Crippen molar-refractivity contribution in [2.45, 2.75) is 37.8 Å². The predicted molar refractivity (Wildman–Crippen MR) is 76.2 cm³/mol. The van der Waals surface area contributed by atoms with E-state index in [0.717, 1.165) is 12.0 Å². The molecule has 0 saturated carbocycles. The van der Waals surface area contributed by atoms with Crippen molar-refractivity contribution in [1.82, 2.24) is 4.90 Å². The van der Waals surface area contributed by atoms with E-state index in [0.29, 0.717) is 25.9 Å². The molecule has 1 fully saturated rings. The number of likely N-dealkylation sites (tertiary alicyclic amines) is 1. The molecule has 2 atom stereocenters. The minimum absolute atomic E-state index is 0.127. The average molecular weight is 278 g/mol. The Kier molecular flexibility index (Phi) is 4.30. The first-order chi connectivity index (χ1) is 9.37. The molecule has 5 nitrogen and oxygen atoms in total. The molecule has 20 heavy (non-hydrogen) atoms. The number of β-amino-alcohol motifs (C(OH)–C–C–N with tert-alkyl or cyclic N) is 1. The number of hydrogen-bond donors (Lipinski definition) is 3. The van der Waals surface area contributed by atoms with E-state index in [4.69, 9.17) is 5.73 Å². The van der Waals surface area contributed by atoms with Crippen LogP contribution in [0, 0.1) is 0 Å². The first-order valence-electron chi connectivity index (χ1n) is 6.92. The standard InChI is InChI=1S/C15H22N2O3/c1-15(20)7-2-8-17(10-15)14(19)13(16)9-11-3-5-12(18)6-4-11/h3-6,13,18,20H,2,7-10,16H2,1H3. The first kappa shape index (κ1) is 14.8. The molecule has 1 heterocycles. The lowest BCUT2D eigenvalue weighted by molar-refractivity contribution is -0.138. The predicted octanol–water partition coefficient (Wildman–Crippen LogP) is 0.635. The lowest BCUT2D eigenvalue weighted by Crippen LogP contribution is -2.53. The fourth-order valence-corrected chi connectivity index (χ4v) is 2.62. The summed E-state index contributed by atoms with van der Waals surface area (Å²) in [6.07, 6.45) is 1.94. The summed E-state index contributed by atoms with van der Waals surface area (Å²) in [5.74, 6) is 0.0683. The van der Waals surface area contributed by atoms with E-state index in [9.17, 15) is 15.0 Å². The van der Waals surface area contributed by atoms with Gasteiger partial charge in [0, 0.05) is 13.1 Å². The summed E-state index contributed by atoms with van der Waals surface area (Å²) in [5.41, 5.74) is 6.07. The summed E-state index contributed by atoms with van der Waals surface area (Å²) in [6, 6.07) is 6.06. The van der Waals surface area contributed by atoms with Gasteiger partial charge in [0.25, 0.3) is 0 Å². The lowest BCUT2D eigenvalue weighted by Gasteiger charge is -2.37. The Morgan fingerprint density at radius 3 is 2.70 bits per heavy atom. The summed E-state index contributed by atoms with van der Waals surface area (Å²) in [7, 11) is 0. The second-order valence-corrected chi connectivity index (χ2v) is 5.84. The van der Waals surface area contributed by atoms with Crippen molar-refractivity contribution in [1.29, 1.82) is 0 Å². The second kappa shape index (κ2) is 5.81. The topological polar surface area (TPSA) is 86.8 Å². The van der Waals surface area contributed by atoms with Crippen molar-refractivity contribution >= 4 is 5.91 Å². The fourth-order valence-electron chi connectivity index (χ4n) is 2.62. The maximum atomic E-state index is 12.3. The van der Waals surface area contributed by atoms with Crippen LogP contribution >= 0.6 is 0 Å². The second-order valence-electron chi connectivity index (χ2n) is 5.84. The summed E-state index contributed by atoms with van der Waals surface area (Å²) in [6.45, 7) is 2.74. The number of aliphatic hydroxyl groups is 1. The Labute approximate surface area is 119 Å². The van der Waals surface area contributed by atoms with Crippen molar-refractivity contribution in [2.24, 2.45) is 5.73 Å². The first-order valence-corrected chi connectivity index (χ1v) is 6.92. The quantitative estimate of drug-likeness (QED) is 0.757. The molecule has 1 aliphatic heterocycles. The van der Waals surface area contributed by atoms with Gasteiger partial charge in [-0.2, -0.15) is 0 Å². The monoisotopic (exact) mass is 278 g/mol. The van der Waals surface area contributed by atoms with Gasteiger partial charge in [0.2, 0.25) is 5.91 Å². The lowest BCUT2D eigenvalue weighted by atomic mass is 9.94. The molecule has 1 saturated heterocycles. The number of carbonyl (C=O) groups is 1. The summed E-state index contributed by atoms with van der Waals surface area (Å²) >= 11 is 0. The Morgan fingerprint density at radius 2 is 2.10 bits per heavy atom. The number of carbonyl (C=O) groups excluding carboxylic acids is 1. The van der Waals surface area contributed by atoms with Crippen LogP contribution in [0.2, 0.25) is 0 Å². The molecule has 4 N–H and O–H groups in total. The number of hydrogen-bond acceptors (Lipinski definition) is 4. The van der Waals surface area contributed by atoms with E-state index in [-0.39, 0.29) is 11.7 Å². The molecule has 0 radical (unpaired) electrons. The van der Waals surface area contributed by atoms with E-state index in [2.05, 4.69) is 0 Å². The number of piperidine rings is 1. The van der Waals surface area contributed by atoms with Crippen LogP contribution in [-0.2, 0) is 11.2 Å². The highest BCUT2D eigenvalue weighted by Crippen LogP contribution is 2.21. The Hall–Kier alpha value is -1.59. The highest BCUT2D eigenvalue weighted by Gasteiger charge is 2.32. The van der Waals surface area contributed by atoms with Gasteiger partial charge in [-0.05, 0) is 43.9 Å². The van der Waals surface area contributed by atoms with Crippen molar-refractivity contribution in [2.75, 3.05) is 13.1 Å². The van der Waals surface area contributed by atoms with E-state index in [1.807, 2.05) is 0 Å². The van der Waals surface area contributed by atoms with Gasteiger partial charge in [0.05, 0.1) is 11.6 Å². The van der Waals surface area contributed by atoms with Crippen LogP contribution in [0.4, 0.5) is 0 Å². The largest absolute Gasteiger partial charge is 0.508 e. The maximum absolute atomic E-state index is 12.3. The normalized spacial score (nSPS) is 24.4. The van der Waals surface area contributed by atoms with Gasteiger partial charge in [0.1, 0.15) is 5.75 Å². The molecule has 1 aromatic rings. The van der Waals surface area contributed by atoms with Crippen molar-refractivity contribution in [3.8, 4) is 5.75 Å². The number of phenols is 1. The molecule has 1 amide bonds. The number of nitrogens with zero attached hydrogens (tertiary/aromatic N) is 1. The van der Waals surface area contributed by atoms with Crippen LogP contribution in [0.15, 0.2) is 24.3 Å². The Balaban J connectivity index is 1.96. The van der Waals surface area contributed by atoms with Crippen LogP contribution < -0.4 is 5.73 Å². The van der Waals surface area contributed by atoms with Gasteiger partial charge in [-0.15, -0.1) is 0 Å². The van der Waals surface area contributed by atoms with Crippen LogP contribution in [0.1, 0.15) is 25.3 Å². The summed E-state index contributed by atoms with van der Waals surface area (Å²) < 4.78 is 0. The van der Waals surface area contributed by atoms with E-state index in [1.54, 1.807) is 36.1 Å². The molecular formula is C15H22N2O3. The zero-order valence-electron chi connectivity index (χ0n) is 11.7. The number of nitrogens with two attached hydrogens (primary N) is 1. The highest BCUT2D eigenvalue weighted by molar-refractivity contribution is 5.82. The summed E-state index contributed by atoms with van der Waals surface area (Å²) in [4.78, 5) is 13.9. The number of aromatic hydroxyl groups is 1. The maximum Gasteiger partial charge on any atom is 0.239 e. The minimum atomic E-state index is -0.813. The van der Waals surface area contributed by atoms with Crippen LogP contribution in [0.3, 0.4) is 0 Å². The number of benzene rings is 1. The molecule has 0 spiro atoms. The molecule has 5 heteroatoms. The molecule has 0 bridgehead atoms. The van der Waals surface area contributed by atoms with Crippen LogP contribution in [0.5, 0.6) is 5.75 Å². The third-order valence-corrected chi connectivity index (χ3v) is 3.70. The van der Waals surface area contributed by atoms with Crippen molar-refractivity contribution in [3.05, 3.63) is 29.8 Å². The molecule has 1 aromatic carbocycles. The summed E-state index contributed by atoms with van der Waals surface area (Å²) in [5, 5.41) is 19.3. The van der Waals surface area contributed by atoms with Crippen LogP contribution in [0.25, 0.3) is 0 Å². The minimum Gasteiger partial charge on any atom is -0.508 e. The van der Waals surface area contributed by atoms with Crippen molar-refractivity contribution < 1.29 is 15.0 Å². The molecule has 2 unspecified atom stereocenters. The fraction of sp³-hybridized carbons (Fsp3) is 0.533. The zero-order chi connectivity index (χ0) is 14.8. The zero-order valence-corrected chi connectivity index (χ0v) is 11.7. The number of rotatable bonds is 3. The van der Waals surface area contributed by atoms with E-state index in [1.165, 1.54) is 0 Å². The smallest absolute Gasteiger partial charge is 0.239 e.